The summed E-state index contributed by atoms with van der Waals surface area (Å²) < 4.78 is 17.7. The third-order valence-corrected chi connectivity index (χ3v) is 5.66. The van der Waals surface area contributed by atoms with E-state index in [9.17, 15) is 0 Å². The molecule has 3 nitrogen and oxygen atoms in total. The van der Waals surface area contributed by atoms with Crippen molar-refractivity contribution in [2.75, 3.05) is 12.5 Å². The molecule has 0 fully saturated rings. The molecule has 0 aliphatic rings. The summed E-state index contributed by atoms with van der Waals surface area (Å²) in [5.41, 5.74) is 4.29. The van der Waals surface area contributed by atoms with Crippen LogP contribution in [0.4, 0.5) is 0 Å². The minimum Gasteiger partial charge on any atom is -0.415 e. The van der Waals surface area contributed by atoms with Crippen LogP contribution in [0, 0.1) is 27.7 Å². The van der Waals surface area contributed by atoms with E-state index in [1.807, 2.05) is 64.1 Å². The molecule has 130 valence electrons. The van der Waals surface area contributed by atoms with Gasteiger partial charge in [-0.2, -0.15) is 0 Å². The number of benzene rings is 2. The summed E-state index contributed by atoms with van der Waals surface area (Å²) in [5, 5.41) is 0. The zero-order valence-electron chi connectivity index (χ0n) is 14.3. The molecule has 0 aliphatic heterocycles. The second-order valence-corrected chi connectivity index (χ2v) is 8.93. The van der Waals surface area contributed by atoms with Crippen LogP contribution in [0.25, 0.3) is 0 Å². The van der Waals surface area contributed by atoms with E-state index in [-0.39, 0.29) is 6.61 Å². The largest absolute Gasteiger partial charge is 0.435 e. The van der Waals surface area contributed by atoms with Crippen LogP contribution >= 0.6 is 18.3 Å². The number of aryl methyl sites for hydroxylation is 4. The molecule has 2 rings (SSSR count). The Hall–Kier alpha value is -1.06. The minimum absolute atomic E-state index is 0.272. The zero-order chi connectivity index (χ0) is 17.7. The van der Waals surface area contributed by atoms with Gasteiger partial charge in [-0.1, -0.05) is 35.4 Å². The second kappa shape index (κ2) is 8.35. The lowest BCUT2D eigenvalue weighted by Gasteiger charge is -2.24. The molecule has 0 aromatic heterocycles. The maximum atomic E-state index is 6.00. The first kappa shape index (κ1) is 19.3. The molecule has 0 radical (unpaired) electrons. The highest BCUT2D eigenvalue weighted by Gasteiger charge is 2.26. The highest BCUT2D eigenvalue weighted by Crippen LogP contribution is 2.51. The molecular formula is C18H22ClO3PS. The molecule has 0 bridgehead atoms. The lowest BCUT2D eigenvalue weighted by Crippen LogP contribution is -2.08. The normalized spacial score (nSPS) is 11.4. The summed E-state index contributed by atoms with van der Waals surface area (Å²) in [6, 6.07) is 11.8. The first-order valence-electron chi connectivity index (χ1n) is 7.67. The Kier molecular flexibility index (Phi) is 6.70. The molecule has 2 aromatic carbocycles. The van der Waals surface area contributed by atoms with Crippen molar-refractivity contribution in [1.82, 2.24) is 0 Å². The Morgan fingerprint density at radius 2 is 1.33 bits per heavy atom. The number of hydrogen-bond acceptors (Lipinski definition) is 4. The van der Waals surface area contributed by atoms with Gasteiger partial charge in [-0.25, -0.2) is 0 Å². The molecule has 6 heteroatoms. The minimum atomic E-state index is -3.01. The molecule has 0 heterocycles. The van der Waals surface area contributed by atoms with Crippen molar-refractivity contribution in [3.8, 4) is 11.5 Å². The summed E-state index contributed by atoms with van der Waals surface area (Å²) in [5.74, 6) is 1.66. The van der Waals surface area contributed by atoms with Crippen LogP contribution in [-0.2, 0) is 16.3 Å². The van der Waals surface area contributed by atoms with Gasteiger partial charge in [-0.3, -0.25) is 4.52 Å². The van der Waals surface area contributed by atoms with Crippen molar-refractivity contribution >= 4 is 30.1 Å². The summed E-state index contributed by atoms with van der Waals surface area (Å²) in [6.45, 7) is 5.26. The highest BCUT2D eigenvalue weighted by molar-refractivity contribution is 8.07. The second-order valence-electron chi connectivity index (χ2n) is 5.69. The standard InChI is InChI=1S/C18H22ClO3PS/c1-13-5-7-17(15(3)11-13)21-23(24,20-10-9-19)22-18-8-6-14(2)12-16(18)4/h5-8,11-12H,9-10H2,1-4H3. The van der Waals surface area contributed by atoms with Crippen LogP contribution in [0.1, 0.15) is 22.3 Å². The van der Waals surface area contributed by atoms with Crippen LogP contribution in [0.3, 0.4) is 0 Å². The van der Waals surface area contributed by atoms with Gasteiger partial charge in [-0.15, -0.1) is 11.6 Å². The van der Waals surface area contributed by atoms with E-state index >= 15 is 0 Å². The first-order valence-corrected chi connectivity index (χ1v) is 10.8. The SMILES string of the molecule is Cc1ccc(OP(=S)(OCCCl)Oc2ccc(C)cc2C)c(C)c1. The van der Waals surface area contributed by atoms with E-state index in [4.69, 9.17) is 37.0 Å². The summed E-state index contributed by atoms with van der Waals surface area (Å²) in [7, 11) is 0. The van der Waals surface area contributed by atoms with Crippen LogP contribution < -0.4 is 9.05 Å². The van der Waals surface area contributed by atoms with Crippen LogP contribution in [0.2, 0.25) is 0 Å². The van der Waals surface area contributed by atoms with E-state index < -0.39 is 6.72 Å². The monoisotopic (exact) mass is 384 g/mol. The molecular weight excluding hydrogens is 363 g/mol. The maximum Gasteiger partial charge on any atom is 0.435 e. The fourth-order valence-electron chi connectivity index (χ4n) is 2.26. The van der Waals surface area contributed by atoms with Gasteiger partial charge in [0.05, 0.1) is 6.61 Å². The quantitative estimate of drug-likeness (QED) is 0.441. The van der Waals surface area contributed by atoms with Gasteiger partial charge >= 0.3 is 6.72 Å². The average Bonchev–Trinajstić information content (AvgIpc) is 2.51. The fourth-order valence-corrected chi connectivity index (χ4v) is 4.50. The molecule has 0 spiro atoms. The van der Waals surface area contributed by atoms with E-state index in [2.05, 4.69) is 0 Å². The van der Waals surface area contributed by atoms with E-state index in [1.165, 1.54) is 0 Å². The van der Waals surface area contributed by atoms with Crippen molar-refractivity contribution in [1.29, 1.82) is 0 Å². The van der Waals surface area contributed by atoms with Gasteiger partial charge in [0.2, 0.25) is 0 Å². The van der Waals surface area contributed by atoms with Crippen molar-refractivity contribution in [3.63, 3.8) is 0 Å². The summed E-state index contributed by atoms with van der Waals surface area (Å²) in [6.07, 6.45) is 0. The van der Waals surface area contributed by atoms with Gasteiger partial charge in [0.1, 0.15) is 11.5 Å². The molecule has 0 aliphatic carbocycles. The third kappa shape index (κ3) is 5.22. The van der Waals surface area contributed by atoms with Gasteiger partial charge in [0.25, 0.3) is 0 Å². The summed E-state index contributed by atoms with van der Waals surface area (Å²) >= 11 is 11.4. The molecule has 0 atom stereocenters. The Morgan fingerprint density at radius 1 is 0.875 bits per heavy atom. The maximum absolute atomic E-state index is 6.00. The van der Waals surface area contributed by atoms with E-state index in [0.717, 1.165) is 22.3 Å². The predicted molar refractivity (Wildman–Crippen MR) is 104 cm³/mol. The molecule has 0 saturated carbocycles. The van der Waals surface area contributed by atoms with Crippen LogP contribution in [0.15, 0.2) is 36.4 Å². The molecule has 24 heavy (non-hydrogen) atoms. The number of halogens is 1. The van der Waals surface area contributed by atoms with E-state index in [1.54, 1.807) is 0 Å². The average molecular weight is 385 g/mol. The van der Waals surface area contributed by atoms with E-state index in [0.29, 0.717) is 17.4 Å². The zero-order valence-corrected chi connectivity index (χ0v) is 16.8. The third-order valence-electron chi connectivity index (χ3n) is 3.41. The highest BCUT2D eigenvalue weighted by atomic mass is 35.5. The van der Waals surface area contributed by atoms with Gasteiger partial charge in [0.15, 0.2) is 0 Å². The van der Waals surface area contributed by atoms with Crippen molar-refractivity contribution < 1.29 is 13.6 Å². The summed E-state index contributed by atoms with van der Waals surface area (Å²) in [4.78, 5) is 0. The Bertz CT molecular complexity index is 706. The lowest BCUT2D eigenvalue weighted by molar-refractivity contribution is 0.277. The first-order chi connectivity index (χ1) is 11.3. The van der Waals surface area contributed by atoms with Crippen LogP contribution in [-0.4, -0.2) is 12.5 Å². The van der Waals surface area contributed by atoms with Gasteiger partial charge in [-0.05, 0) is 51.0 Å². The van der Waals surface area contributed by atoms with Gasteiger partial charge < -0.3 is 9.05 Å². The van der Waals surface area contributed by atoms with Crippen LogP contribution in [0.5, 0.6) is 11.5 Å². The Morgan fingerprint density at radius 3 is 1.71 bits per heavy atom. The molecule has 0 N–H and O–H groups in total. The Labute approximate surface area is 154 Å². The van der Waals surface area contributed by atoms with Crippen molar-refractivity contribution in [2.24, 2.45) is 0 Å². The fraction of sp³-hybridized carbons (Fsp3) is 0.333. The molecule has 2 aromatic rings. The molecule has 0 saturated heterocycles. The molecule has 0 unspecified atom stereocenters. The number of rotatable bonds is 7. The number of hydrogen-bond donors (Lipinski definition) is 0. The number of alkyl halides is 1. The molecule has 0 amide bonds. The van der Waals surface area contributed by atoms with Crippen molar-refractivity contribution in [3.05, 3.63) is 58.7 Å². The smallest absolute Gasteiger partial charge is 0.415 e. The Balaban J connectivity index is 2.29. The topological polar surface area (TPSA) is 27.7 Å². The van der Waals surface area contributed by atoms with Gasteiger partial charge in [0, 0.05) is 17.7 Å². The van der Waals surface area contributed by atoms with Crippen molar-refractivity contribution in [2.45, 2.75) is 27.7 Å². The predicted octanol–water partition coefficient (Wildman–Crippen LogP) is 5.86. The lowest BCUT2D eigenvalue weighted by atomic mass is 10.1.